The maximum atomic E-state index is 12.9. The maximum Gasteiger partial charge on any atom is 0.339 e. The van der Waals surface area contributed by atoms with Crippen LogP contribution >= 0.6 is 0 Å². The average Bonchev–Trinajstić information content (AvgIpc) is 2.37. The minimum absolute atomic E-state index is 0.00847. The maximum absolute atomic E-state index is 12.9. The number of hydrogen-bond acceptors (Lipinski definition) is 4. The van der Waals surface area contributed by atoms with Gasteiger partial charge in [-0.3, -0.25) is 0 Å². The van der Waals surface area contributed by atoms with E-state index in [1.54, 1.807) is 19.1 Å². The van der Waals surface area contributed by atoms with Gasteiger partial charge in [-0.1, -0.05) is 12.1 Å². The standard InChI is InChI=1S/C15H23NO4S/c1-6-20-15(17)13-9-7-8-10-14(13)21(18,19)16(11(2)3)12(4)5/h7-12H,6H2,1-5H3. The summed E-state index contributed by atoms with van der Waals surface area (Å²) >= 11 is 0. The fourth-order valence-corrected chi connectivity index (χ4v) is 4.35. The zero-order valence-corrected chi connectivity index (χ0v) is 14.0. The summed E-state index contributed by atoms with van der Waals surface area (Å²) in [6, 6.07) is 5.74. The van der Waals surface area contributed by atoms with Crippen LogP contribution in [0.1, 0.15) is 45.0 Å². The number of hydrogen-bond donors (Lipinski definition) is 0. The molecule has 0 saturated heterocycles. The SMILES string of the molecule is CCOC(=O)c1ccccc1S(=O)(=O)N(C(C)C)C(C)C. The molecule has 1 aromatic carbocycles. The molecule has 1 aromatic rings. The molecule has 0 unspecified atom stereocenters. The van der Waals surface area contributed by atoms with Gasteiger partial charge in [-0.15, -0.1) is 0 Å². The molecule has 0 aromatic heterocycles. The molecule has 21 heavy (non-hydrogen) atoms. The Hall–Kier alpha value is -1.40. The Labute approximate surface area is 127 Å². The number of sulfonamides is 1. The van der Waals surface area contributed by atoms with Gasteiger partial charge in [-0.05, 0) is 46.8 Å². The average molecular weight is 313 g/mol. The summed E-state index contributed by atoms with van der Waals surface area (Å²) in [4.78, 5) is 12.0. The number of ether oxygens (including phenoxy) is 1. The van der Waals surface area contributed by atoms with E-state index in [9.17, 15) is 13.2 Å². The Morgan fingerprint density at radius 1 is 1.14 bits per heavy atom. The van der Waals surface area contributed by atoms with Gasteiger partial charge < -0.3 is 4.74 Å². The third-order valence-corrected chi connectivity index (χ3v) is 5.27. The Morgan fingerprint density at radius 3 is 2.14 bits per heavy atom. The highest BCUT2D eigenvalue weighted by molar-refractivity contribution is 7.89. The molecule has 0 aliphatic rings. The van der Waals surface area contributed by atoms with Crippen molar-refractivity contribution in [3.63, 3.8) is 0 Å². The Bertz CT molecular complexity index is 585. The fraction of sp³-hybridized carbons (Fsp3) is 0.533. The van der Waals surface area contributed by atoms with E-state index < -0.39 is 16.0 Å². The highest BCUT2D eigenvalue weighted by Crippen LogP contribution is 2.24. The van der Waals surface area contributed by atoms with Crippen LogP contribution in [-0.4, -0.2) is 37.4 Å². The predicted molar refractivity (Wildman–Crippen MR) is 81.7 cm³/mol. The Morgan fingerprint density at radius 2 is 1.67 bits per heavy atom. The van der Waals surface area contributed by atoms with E-state index in [0.717, 1.165) is 0 Å². The topological polar surface area (TPSA) is 63.7 Å². The normalized spacial score (nSPS) is 12.2. The molecule has 0 aliphatic carbocycles. The van der Waals surface area contributed by atoms with E-state index in [-0.39, 0.29) is 29.1 Å². The highest BCUT2D eigenvalue weighted by atomic mass is 32.2. The molecule has 0 amide bonds. The molecule has 0 radical (unpaired) electrons. The first-order chi connectivity index (χ1) is 9.73. The first-order valence-corrected chi connectivity index (χ1v) is 8.47. The van der Waals surface area contributed by atoms with E-state index >= 15 is 0 Å². The second-order valence-electron chi connectivity index (χ2n) is 5.24. The number of carbonyl (C=O) groups is 1. The van der Waals surface area contributed by atoms with Crippen LogP contribution in [0.2, 0.25) is 0 Å². The van der Waals surface area contributed by atoms with Gasteiger partial charge in [0, 0.05) is 12.1 Å². The summed E-state index contributed by atoms with van der Waals surface area (Å²) in [5.41, 5.74) is 0.0747. The van der Waals surface area contributed by atoms with Gasteiger partial charge in [-0.2, -0.15) is 4.31 Å². The van der Waals surface area contributed by atoms with Crippen molar-refractivity contribution in [3.05, 3.63) is 29.8 Å². The van der Waals surface area contributed by atoms with Crippen molar-refractivity contribution < 1.29 is 17.9 Å². The summed E-state index contributed by atoms with van der Waals surface area (Å²) in [6.07, 6.45) is 0. The van der Waals surface area contributed by atoms with Crippen LogP contribution in [0.3, 0.4) is 0 Å². The van der Waals surface area contributed by atoms with Crippen LogP contribution in [0.15, 0.2) is 29.2 Å². The second-order valence-corrected chi connectivity index (χ2v) is 7.05. The molecule has 0 bridgehead atoms. The first kappa shape index (κ1) is 17.7. The quantitative estimate of drug-likeness (QED) is 0.757. The van der Waals surface area contributed by atoms with Crippen molar-refractivity contribution >= 4 is 16.0 Å². The van der Waals surface area contributed by atoms with Crippen LogP contribution in [0.25, 0.3) is 0 Å². The van der Waals surface area contributed by atoms with Crippen molar-refractivity contribution in [2.75, 3.05) is 6.61 Å². The van der Waals surface area contributed by atoms with Crippen LogP contribution in [0.5, 0.6) is 0 Å². The zero-order chi connectivity index (χ0) is 16.2. The van der Waals surface area contributed by atoms with E-state index in [2.05, 4.69) is 0 Å². The van der Waals surface area contributed by atoms with Crippen molar-refractivity contribution in [2.45, 2.75) is 51.6 Å². The molecule has 1 rings (SSSR count). The number of nitrogens with zero attached hydrogens (tertiary/aromatic N) is 1. The van der Waals surface area contributed by atoms with Gasteiger partial charge in [0.25, 0.3) is 0 Å². The third-order valence-electron chi connectivity index (χ3n) is 2.96. The van der Waals surface area contributed by atoms with E-state index in [0.29, 0.717) is 0 Å². The minimum Gasteiger partial charge on any atom is -0.462 e. The molecular weight excluding hydrogens is 290 g/mol. The first-order valence-electron chi connectivity index (χ1n) is 7.03. The minimum atomic E-state index is -3.76. The lowest BCUT2D eigenvalue weighted by Crippen LogP contribution is -2.42. The molecule has 0 fully saturated rings. The molecule has 0 spiro atoms. The molecule has 0 N–H and O–H groups in total. The smallest absolute Gasteiger partial charge is 0.339 e. The monoisotopic (exact) mass is 313 g/mol. The summed E-state index contributed by atoms with van der Waals surface area (Å²) in [7, 11) is -3.76. The molecular formula is C15H23NO4S. The van der Waals surface area contributed by atoms with E-state index in [4.69, 9.17) is 4.74 Å². The number of rotatable bonds is 6. The van der Waals surface area contributed by atoms with Gasteiger partial charge in [0.15, 0.2) is 0 Å². The van der Waals surface area contributed by atoms with Gasteiger partial charge in [0.2, 0.25) is 10.0 Å². The molecule has 0 saturated carbocycles. The lowest BCUT2D eigenvalue weighted by atomic mass is 10.2. The van der Waals surface area contributed by atoms with E-state index in [1.165, 1.54) is 16.4 Å². The van der Waals surface area contributed by atoms with Crippen LogP contribution in [0, 0.1) is 0 Å². The summed E-state index contributed by atoms with van der Waals surface area (Å²) < 4.78 is 32.1. The molecule has 0 atom stereocenters. The van der Waals surface area contributed by atoms with Crippen LogP contribution in [-0.2, 0) is 14.8 Å². The van der Waals surface area contributed by atoms with Gasteiger partial charge in [-0.25, -0.2) is 13.2 Å². The zero-order valence-electron chi connectivity index (χ0n) is 13.2. The van der Waals surface area contributed by atoms with E-state index in [1.807, 2.05) is 27.7 Å². The number of carbonyl (C=O) groups excluding carboxylic acids is 1. The Balaban J connectivity index is 3.41. The van der Waals surface area contributed by atoms with Crippen LogP contribution in [0.4, 0.5) is 0 Å². The second kappa shape index (κ2) is 7.04. The largest absolute Gasteiger partial charge is 0.462 e. The lowest BCUT2D eigenvalue weighted by Gasteiger charge is -2.30. The van der Waals surface area contributed by atoms with Crippen LogP contribution < -0.4 is 0 Å². The molecule has 118 valence electrons. The highest BCUT2D eigenvalue weighted by Gasteiger charge is 2.32. The Kier molecular flexibility index (Phi) is 5.92. The summed E-state index contributed by atoms with van der Waals surface area (Å²) in [5, 5.41) is 0. The molecule has 6 heteroatoms. The molecule has 5 nitrogen and oxygen atoms in total. The third kappa shape index (κ3) is 3.83. The van der Waals surface area contributed by atoms with Crippen molar-refractivity contribution in [1.29, 1.82) is 0 Å². The summed E-state index contributed by atoms with van der Waals surface area (Å²) in [5.74, 6) is -0.621. The fourth-order valence-electron chi connectivity index (χ4n) is 2.33. The predicted octanol–water partition coefficient (Wildman–Crippen LogP) is 2.67. The molecule has 0 heterocycles. The molecule has 0 aliphatic heterocycles. The number of esters is 1. The van der Waals surface area contributed by atoms with Gasteiger partial charge in [0.1, 0.15) is 0 Å². The summed E-state index contributed by atoms with van der Waals surface area (Å²) in [6.45, 7) is 9.12. The van der Waals surface area contributed by atoms with Crippen molar-refractivity contribution in [1.82, 2.24) is 4.31 Å². The van der Waals surface area contributed by atoms with Gasteiger partial charge in [0.05, 0.1) is 17.1 Å². The van der Waals surface area contributed by atoms with Gasteiger partial charge >= 0.3 is 5.97 Å². The van der Waals surface area contributed by atoms with Crippen molar-refractivity contribution in [2.24, 2.45) is 0 Å². The lowest BCUT2D eigenvalue weighted by molar-refractivity contribution is 0.0521. The number of benzene rings is 1. The van der Waals surface area contributed by atoms with Crippen molar-refractivity contribution in [3.8, 4) is 0 Å².